The van der Waals surface area contributed by atoms with Gasteiger partial charge in [-0.25, -0.2) is 4.98 Å². The molecule has 0 saturated heterocycles. The van der Waals surface area contributed by atoms with Gasteiger partial charge in [-0.05, 0) is 12.1 Å². The van der Waals surface area contributed by atoms with Crippen molar-refractivity contribution >= 4 is 23.6 Å². The first-order chi connectivity index (χ1) is 12.1. The number of thioether (sulfide) groups is 1. The Labute approximate surface area is 150 Å². The Kier molecular flexibility index (Phi) is 7.49. The smallest absolute Gasteiger partial charge is 0.323 e. The highest BCUT2D eigenvalue weighted by molar-refractivity contribution is 7.99. The monoisotopic (exact) mass is 364 g/mol. The predicted octanol–water partition coefficient (Wildman–Crippen LogP) is 2.13. The van der Waals surface area contributed by atoms with Crippen molar-refractivity contribution in [3.05, 3.63) is 42.3 Å². The minimum atomic E-state index is -1.04. The molecule has 0 saturated carbocycles. The molecule has 0 spiro atoms. The largest absolute Gasteiger partial charge is 0.480 e. The van der Waals surface area contributed by atoms with Gasteiger partial charge in [0.15, 0.2) is 0 Å². The number of amides is 1. The molecule has 0 aliphatic rings. The summed E-state index contributed by atoms with van der Waals surface area (Å²) >= 11 is 1.36. The standard InChI is InChI=1S/C17H20N2O5S/c1-23-8-7-19(9-16(21)22)15(20)12-25-11-14-10-24-17(18-14)13-5-3-2-4-6-13/h2-6,10H,7-9,11-12H2,1H3,(H,21,22). The molecule has 1 N–H and O–H groups in total. The number of hydrogen-bond donors (Lipinski definition) is 1. The summed E-state index contributed by atoms with van der Waals surface area (Å²) in [5.41, 5.74) is 1.63. The summed E-state index contributed by atoms with van der Waals surface area (Å²) in [6.07, 6.45) is 1.57. The molecule has 0 aliphatic heterocycles. The molecule has 0 bridgehead atoms. The second-order valence-electron chi connectivity index (χ2n) is 5.20. The van der Waals surface area contributed by atoms with E-state index in [0.29, 0.717) is 18.3 Å². The average molecular weight is 364 g/mol. The molecule has 1 aromatic carbocycles. The molecule has 1 aromatic heterocycles. The van der Waals surface area contributed by atoms with E-state index in [0.717, 1.165) is 11.3 Å². The first kappa shape index (κ1) is 19.0. The van der Waals surface area contributed by atoms with E-state index in [4.69, 9.17) is 14.3 Å². The molecule has 0 aliphatic carbocycles. The van der Waals surface area contributed by atoms with Crippen LogP contribution in [0.1, 0.15) is 5.69 Å². The molecule has 0 fully saturated rings. The molecule has 2 aromatic rings. The summed E-state index contributed by atoms with van der Waals surface area (Å²) in [5.74, 6) is -0.0672. The first-order valence-electron chi connectivity index (χ1n) is 7.66. The van der Waals surface area contributed by atoms with Crippen LogP contribution in [-0.4, -0.2) is 59.4 Å². The highest BCUT2D eigenvalue weighted by atomic mass is 32.2. The molecule has 7 nitrogen and oxygen atoms in total. The molecule has 0 radical (unpaired) electrons. The van der Waals surface area contributed by atoms with Crippen molar-refractivity contribution in [2.24, 2.45) is 0 Å². The third-order valence-corrected chi connectivity index (χ3v) is 4.24. The lowest BCUT2D eigenvalue weighted by Gasteiger charge is -2.19. The van der Waals surface area contributed by atoms with Gasteiger partial charge in [0.25, 0.3) is 0 Å². The van der Waals surface area contributed by atoms with Gasteiger partial charge < -0.3 is 19.2 Å². The van der Waals surface area contributed by atoms with Crippen molar-refractivity contribution in [1.29, 1.82) is 0 Å². The predicted molar refractivity (Wildman–Crippen MR) is 94.2 cm³/mol. The van der Waals surface area contributed by atoms with Crippen LogP contribution in [0.25, 0.3) is 11.5 Å². The summed E-state index contributed by atoms with van der Waals surface area (Å²) in [5, 5.41) is 8.88. The van der Waals surface area contributed by atoms with Gasteiger partial charge in [0.2, 0.25) is 11.8 Å². The molecular weight excluding hydrogens is 344 g/mol. The summed E-state index contributed by atoms with van der Waals surface area (Å²) in [4.78, 5) is 28.7. The zero-order chi connectivity index (χ0) is 18.1. The van der Waals surface area contributed by atoms with Crippen LogP contribution in [0.2, 0.25) is 0 Å². The van der Waals surface area contributed by atoms with Crippen LogP contribution in [0.3, 0.4) is 0 Å². The van der Waals surface area contributed by atoms with Crippen molar-refractivity contribution < 1.29 is 23.8 Å². The van der Waals surface area contributed by atoms with Gasteiger partial charge >= 0.3 is 5.97 Å². The Morgan fingerprint density at radius 3 is 2.76 bits per heavy atom. The van der Waals surface area contributed by atoms with E-state index in [1.165, 1.54) is 23.8 Å². The number of rotatable bonds is 10. The number of ether oxygens (including phenoxy) is 1. The van der Waals surface area contributed by atoms with Crippen LogP contribution in [0.15, 0.2) is 41.0 Å². The van der Waals surface area contributed by atoms with Crippen molar-refractivity contribution in [2.75, 3.05) is 32.6 Å². The van der Waals surface area contributed by atoms with Crippen molar-refractivity contribution in [1.82, 2.24) is 9.88 Å². The number of oxazole rings is 1. The lowest BCUT2D eigenvalue weighted by Crippen LogP contribution is -2.39. The normalized spacial score (nSPS) is 10.6. The first-order valence-corrected chi connectivity index (χ1v) is 8.81. The molecular formula is C17H20N2O5S. The topological polar surface area (TPSA) is 92.9 Å². The number of aliphatic carboxylic acids is 1. The van der Waals surface area contributed by atoms with E-state index in [1.54, 1.807) is 6.26 Å². The van der Waals surface area contributed by atoms with Crippen LogP contribution in [0.5, 0.6) is 0 Å². The van der Waals surface area contributed by atoms with Gasteiger partial charge in [-0.1, -0.05) is 18.2 Å². The minimum absolute atomic E-state index is 0.171. The Balaban J connectivity index is 1.83. The number of carboxylic acid groups (broad SMARTS) is 1. The highest BCUT2D eigenvalue weighted by Crippen LogP contribution is 2.20. The summed E-state index contributed by atoms with van der Waals surface area (Å²) in [7, 11) is 1.51. The van der Waals surface area contributed by atoms with Gasteiger partial charge in [-0.3, -0.25) is 9.59 Å². The van der Waals surface area contributed by atoms with E-state index in [1.807, 2.05) is 30.3 Å². The lowest BCUT2D eigenvalue weighted by molar-refractivity contribution is -0.143. The maximum Gasteiger partial charge on any atom is 0.323 e. The summed E-state index contributed by atoms with van der Waals surface area (Å²) < 4.78 is 10.4. The lowest BCUT2D eigenvalue weighted by atomic mass is 10.2. The van der Waals surface area contributed by atoms with Crippen molar-refractivity contribution in [2.45, 2.75) is 5.75 Å². The Hall–Kier alpha value is -2.32. The molecule has 0 unspecified atom stereocenters. The van der Waals surface area contributed by atoms with Crippen molar-refractivity contribution in [3.8, 4) is 11.5 Å². The van der Waals surface area contributed by atoms with E-state index < -0.39 is 5.97 Å². The fourth-order valence-electron chi connectivity index (χ4n) is 2.08. The molecule has 134 valence electrons. The number of carbonyl (C=O) groups excluding carboxylic acids is 1. The minimum Gasteiger partial charge on any atom is -0.480 e. The van der Waals surface area contributed by atoms with Crippen LogP contribution < -0.4 is 0 Å². The molecule has 1 heterocycles. The van der Waals surface area contributed by atoms with Crippen LogP contribution in [0.4, 0.5) is 0 Å². The second-order valence-corrected chi connectivity index (χ2v) is 6.19. The number of aromatic nitrogens is 1. The van der Waals surface area contributed by atoms with Gasteiger partial charge in [0.05, 0.1) is 18.1 Å². The summed E-state index contributed by atoms with van der Waals surface area (Å²) in [6.45, 7) is 0.225. The third-order valence-electron chi connectivity index (χ3n) is 3.29. The maximum absolute atomic E-state index is 12.1. The fraction of sp³-hybridized carbons (Fsp3) is 0.353. The molecule has 2 rings (SSSR count). The second kappa shape index (κ2) is 9.85. The average Bonchev–Trinajstić information content (AvgIpc) is 3.08. The SMILES string of the molecule is COCCN(CC(=O)O)C(=O)CSCc1coc(-c2ccccc2)n1. The number of hydrogen-bond acceptors (Lipinski definition) is 6. The van der Waals surface area contributed by atoms with Crippen LogP contribution >= 0.6 is 11.8 Å². The molecule has 25 heavy (non-hydrogen) atoms. The highest BCUT2D eigenvalue weighted by Gasteiger charge is 2.16. The van der Waals surface area contributed by atoms with E-state index in [-0.39, 0.29) is 24.7 Å². The molecule has 0 atom stereocenters. The zero-order valence-corrected chi connectivity index (χ0v) is 14.7. The molecule has 8 heteroatoms. The molecule has 1 amide bonds. The number of benzene rings is 1. The fourth-order valence-corrected chi connectivity index (χ4v) is 2.88. The Morgan fingerprint density at radius 2 is 2.08 bits per heavy atom. The van der Waals surface area contributed by atoms with E-state index in [9.17, 15) is 9.59 Å². The maximum atomic E-state index is 12.1. The van der Waals surface area contributed by atoms with E-state index in [2.05, 4.69) is 4.98 Å². The quantitative estimate of drug-likeness (QED) is 0.690. The van der Waals surface area contributed by atoms with Gasteiger partial charge in [0, 0.05) is 25.0 Å². The van der Waals surface area contributed by atoms with Gasteiger partial charge in [-0.2, -0.15) is 0 Å². The van der Waals surface area contributed by atoms with E-state index >= 15 is 0 Å². The van der Waals surface area contributed by atoms with Gasteiger partial charge in [-0.15, -0.1) is 11.8 Å². The number of carboxylic acids is 1. The van der Waals surface area contributed by atoms with Crippen LogP contribution in [-0.2, 0) is 20.1 Å². The van der Waals surface area contributed by atoms with Crippen molar-refractivity contribution in [3.63, 3.8) is 0 Å². The summed E-state index contributed by atoms with van der Waals surface area (Å²) in [6, 6.07) is 9.55. The van der Waals surface area contributed by atoms with Crippen LogP contribution in [0, 0.1) is 0 Å². The number of carbonyl (C=O) groups is 2. The number of nitrogens with zero attached hydrogens (tertiary/aromatic N) is 2. The zero-order valence-electron chi connectivity index (χ0n) is 13.9. The third kappa shape index (κ3) is 6.24. The Morgan fingerprint density at radius 1 is 1.32 bits per heavy atom. The van der Waals surface area contributed by atoms with Gasteiger partial charge in [0.1, 0.15) is 12.8 Å². The Bertz CT molecular complexity index is 689. The number of methoxy groups -OCH3 is 1.